The van der Waals surface area contributed by atoms with E-state index in [0.717, 1.165) is 26.1 Å². The Morgan fingerprint density at radius 3 is 2.71 bits per heavy atom. The number of benzene rings is 1. The van der Waals surface area contributed by atoms with Gasteiger partial charge in [0.05, 0.1) is 5.41 Å². The molecule has 9 heteroatoms. The van der Waals surface area contributed by atoms with Crippen molar-refractivity contribution in [2.45, 2.75) is 37.8 Å². The molecule has 152 valence electrons. The number of hydrogen-bond acceptors (Lipinski definition) is 6. The molecule has 1 aliphatic heterocycles. The molecule has 1 saturated heterocycles. The zero-order valence-corrected chi connectivity index (χ0v) is 17.3. The molecule has 0 bridgehead atoms. The molecule has 2 fully saturated rings. The normalized spacial score (nSPS) is 28.1. The Hall–Kier alpha value is -1.81. The first-order valence-corrected chi connectivity index (χ1v) is 11.0. The number of likely N-dealkylation sites (tertiary alicyclic amines) is 1. The van der Waals surface area contributed by atoms with Crippen molar-refractivity contribution >= 4 is 10.2 Å². The van der Waals surface area contributed by atoms with Crippen LogP contribution in [0.4, 0.5) is 0 Å². The first-order valence-electron chi connectivity index (χ1n) is 9.55. The lowest BCUT2D eigenvalue weighted by atomic mass is 9.80. The number of hydrogen-bond donors (Lipinski definition) is 1. The fourth-order valence-corrected chi connectivity index (χ4v) is 5.49. The van der Waals surface area contributed by atoms with E-state index in [1.807, 2.05) is 13.0 Å². The van der Waals surface area contributed by atoms with Crippen molar-refractivity contribution < 1.29 is 12.9 Å². The number of fused-ring (bicyclic) bond motifs is 1. The first-order chi connectivity index (χ1) is 13.3. The molecule has 1 aliphatic carbocycles. The molecule has 0 amide bonds. The molecule has 2 aliphatic rings. The Morgan fingerprint density at radius 1 is 1.32 bits per heavy atom. The molecule has 3 unspecified atom stereocenters. The van der Waals surface area contributed by atoms with Crippen molar-refractivity contribution in [1.82, 2.24) is 24.1 Å². The van der Waals surface area contributed by atoms with E-state index in [9.17, 15) is 8.42 Å². The topological polar surface area (TPSA) is 91.6 Å². The third-order valence-electron chi connectivity index (χ3n) is 5.94. The van der Waals surface area contributed by atoms with Gasteiger partial charge in [-0.15, -0.1) is 0 Å². The van der Waals surface area contributed by atoms with Crippen molar-refractivity contribution in [3.8, 4) is 0 Å². The molecular weight excluding hydrogens is 378 g/mol. The van der Waals surface area contributed by atoms with Gasteiger partial charge in [0.2, 0.25) is 5.89 Å². The van der Waals surface area contributed by atoms with Gasteiger partial charge in [-0.3, -0.25) is 4.90 Å². The van der Waals surface area contributed by atoms with Crippen LogP contribution in [-0.4, -0.2) is 61.0 Å². The molecule has 1 N–H and O–H groups in total. The summed E-state index contributed by atoms with van der Waals surface area (Å²) in [5.74, 6) is 1.52. The number of nitrogens with one attached hydrogen (secondary N) is 1. The second-order valence-electron chi connectivity index (χ2n) is 8.20. The first kappa shape index (κ1) is 19.5. The summed E-state index contributed by atoms with van der Waals surface area (Å²) in [4.78, 5) is 6.95. The van der Waals surface area contributed by atoms with Crippen molar-refractivity contribution in [2.24, 2.45) is 5.92 Å². The molecule has 4 rings (SSSR count). The van der Waals surface area contributed by atoms with Crippen LogP contribution >= 0.6 is 0 Å². The molecule has 1 aromatic carbocycles. The lowest BCUT2D eigenvalue weighted by Gasteiger charge is -2.26. The van der Waals surface area contributed by atoms with Gasteiger partial charge in [0.15, 0.2) is 5.82 Å². The summed E-state index contributed by atoms with van der Waals surface area (Å²) in [6, 6.07) is 10.2. The van der Waals surface area contributed by atoms with Crippen LogP contribution in [0.5, 0.6) is 0 Å². The average Bonchev–Trinajstić information content (AvgIpc) is 3.28. The zero-order valence-electron chi connectivity index (χ0n) is 16.5. The van der Waals surface area contributed by atoms with Crippen LogP contribution in [0.2, 0.25) is 0 Å². The summed E-state index contributed by atoms with van der Waals surface area (Å²) >= 11 is 0. The van der Waals surface area contributed by atoms with Gasteiger partial charge in [0, 0.05) is 39.8 Å². The molecule has 1 aromatic heterocycles. The highest BCUT2D eigenvalue weighted by Crippen LogP contribution is 2.50. The van der Waals surface area contributed by atoms with Gasteiger partial charge in [-0.25, -0.2) is 0 Å². The molecule has 28 heavy (non-hydrogen) atoms. The third kappa shape index (κ3) is 3.59. The molecule has 8 nitrogen and oxygen atoms in total. The predicted octanol–water partition coefficient (Wildman–Crippen LogP) is 1.31. The maximum atomic E-state index is 12.3. The third-order valence-corrected chi connectivity index (χ3v) is 7.54. The van der Waals surface area contributed by atoms with Crippen molar-refractivity contribution in [1.29, 1.82) is 0 Å². The highest BCUT2D eigenvalue weighted by molar-refractivity contribution is 7.87. The quantitative estimate of drug-likeness (QED) is 0.779. The van der Waals surface area contributed by atoms with Crippen LogP contribution in [0.15, 0.2) is 34.9 Å². The summed E-state index contributed by atoms with van der Waals surface area (Å²) in [7, 11) is -0.398. The fourth-order valence-electron chi connectivity index (χ4n) is 4.67. The molecule has 0 spiro atoms. The zero-order chi connectivity index (χ0) is 19.9. The standard InChI is InChI=1S/C19H27N5O3S/c1-14-20-18(27-21-14)19-10-17(22-28(25,26)23(2)3)9-16(19)12-24(13-19)11-15-7-5-4-6-8-15/h4-8,16-17,22H,9-13H2,1-3H3. The van der Waals surface area contributed by atoms with Crippen molar-refractivity contribution in [3.05, 3.63) is 47.6 Å². The van der Waals surface area contributed by atoms with Crippen molar-refractivity contribution in [3.63, 3.8) is 0 Å². The molecule has 0 radical (unpaired) electrons. The summed E-state index contributed by atoms with van der Waals surface area (Å²) in [6.45, 7) is 4.35. The second kappa shape index (κ2) is 7.22. The van der Waals surface area contributed by atoms with E-state index in [2.05, 4.69) is 44.0 Å². The highest BCUT2D eigenvalue weighted by atomic mass is 32.2. The summed E-state index contributed by atoms with van der Waals surface area (Å²) in [6.07, 6.45) is 1.43. The van der Waals surface area contributed by atoms with E-state index in [4.69, 9.17) is 4.52 Å². The van der Waals surface area contributed by atoms with Gasteiger partial charge in [-0.1, -0.05) is 35.5 Å². The van der Waals surface area contributed by atoms with Gasteiger partial charge < -0.3 is 4.52 Å². The molecule has 3 atom stereocenters. The Bertz CT molecular complexity index is 930. The monoisotopic (exact) mass is 405 g/mol. The number of aryl methyl sites for hydroxylation is 1. The van der Waals surface area contributed by atoms with Gasteiger partial charge >= 0.3 is 0 Å². The number of rotatable bonds is 6. The van der Waals surface area contributed by atoms with E-state index in [0.29, 0.717) is 18.1 Å². The van der Waals surface area contributed by atoms with Gasteiger partial charge in [-0.05, 0) is 31.2 Å². The molecular formula is C19H27N5O3S. The molecule has 1 saturated carbocycles. The van der Waals surface area contributed by atoms with Gasteiger partial charge in [0.25, 0.3) is 10.2 Å². The Balaban J connectivity index is 1.57. The van der Waals surface area contributed by atoms with Crippen LogP contribution in [0.3, 0.4) is 0 Å². The summed E-state index contributed by atoms with van der Waals surface area (Å²) < 4.78 is 34.3. The van der Waals surface area contributed by atoms with E-state index >= 15 is 0 Å². The lowest BCUT2D eigenvalue weighted by molar-refractivity contribution is 0.241. The number of aromatic nitrogens is 2. The molecule has 2 heterocycles. The average molecular weight is 406 g/mol. The SMILES string of the molecule is Cc1noc(C23CC(NS(=O)(=O)N(C)C)CC2CN(Cc2ccccc2)C3)n1. The minimum atomic E-state index is -3.48. The largest absolute Gasteiger partial charge is 0.339 e. The fraction of sp³-hybridized carbons (Fsp3) is 0.579. The van der Waals surface area contributed by atoms with E-state index in [1.165, 1.54) is 24.0 Å². The summed E-state index contributed by atoms with van der Waals surface area (Å²) in [5, 5.41) is 4.00. The van der Waals surface area contributed by atoms with E-state index in [-0.39, 0.29) is 17.4 Å². The van der Waals surface area contributed by atoms with Crippen LogP contribution in [0.25, 0.3) is 0 Å². The van der Waals surface area contributed by atoms with Crippen LogP contribution in [0, 0.1) is 12.8 Å². The maximum Gasteiger partial charge on any atom is 0.279 e. The Morgan fingerprint density at radius 2 is 2.07 bits per heavy atom. The lowest BCUT2D eigenvalue weighted by Crippen LogP contribution is -2.42. The van der Waals surface area contributed by atoms with Crippen molar-refractivity contribution in [2.75, 3.05) is 27.2 Å². The molecule has 2 aromatic rings. The summed E-state index contributed by atoms with van der Waals surface area (Å²) in [5.41, 5.74) is 0.958. The van der Waals surface area contributed by atoms with E-state index in [1.54, 1.807) is 0 Å². The minimum Gasteiger partial charge on any atom is -0.339 e. The van der Waals surface area contributed by atoms with Gasteiger partial charge in [-0.2, -0.15) is 22.4 Å². The van der Waals surface area contributed by atoms with Crippen LogP contribution < -0.4 is 4.72 Å². The predicted molar refractivity (Wildman–Crippen MR) is 105 cm³/mol. The van der Waals surface area contributed by atoms with Crippen LogP contribution in [0.1, 0.15) is 30.1 Å². The van der Waals surface area contributed by atoms with Crippen LogP contribution in [-0.2, 0) is 22.2 Å². The Kier molecular flexibility index (Phi) is 5.03. The Labute approximate surface area is 166 Å². The van der Waals surface area contributed by atoms with E-state index < -0.39 is 10.2 Å². The smallest absolute Gasteiger partial charge is 0.279 e. The van der Waals surface area contributed by atoms with Gasteiger partial charge in [0.1, 0.15) is 0 Å². The second-order valence-corrected chi connectivity index (χ2v) is 10.1. The highest BCUT2D eigenvalue weighted by Gasteiger charge is 2.57. The minimum absolute atomic E-state index is 0.136. The number of nitrogens with zero attached hydrogens (tertiary/aromatic N) is 4. The maximum absolute atomic E-state index is 12.3.